The number of fused-ring (bicyclic) bond motifs is 3. The largest absolute Gasteiger partial charge is 0.378 e. The normalized spacial score (nSPS) is 12.0. The zero-order chi connectivity index (χ0) is 9.38. The van der Waals surface area contributed by atoms with Crippen LogP contribution in [0.3, 0.4) is 0 Å². The summed E-state index contributed by atoms with van der Waals surface area (Å²) in [6, 6.07) is 7.54. The molecule has 0 atom stereocenters. The van der Waals surface area contributed by atoms with Crippen LogP contribution >= 0.6 is 0 Å². The van der Waals surface area contributed by atoms with E-state index in [-0.39, 0.29) is 0 Å². The van der Waals surface area contributed by atoms with Crippen LogP contribution in [0.4, 0.5) is 5.82 Å². The van der Waals surface area contributed by atoms with Crippen LogP contribution in [-0.4, -0.2) is 9.97 Å². The first-order valence-electron chi connectivity index (χ1n) is 4.28. The molecule has 3 rings (SSSR count). The van der Waals surface area contributed by atoms with Crippen LogP contribution in [0.1, 0.15) is 0 Å². The first-order chi connectivity index (χ1) is 6.95. The first kappa shape index (κ1) is 7.32. The molecule has 4 nitrogen and oxygen atoms in total. The van der Waals surface area contributed by atoms with Crippen molar-refractivity contribution in [3.8, 4) is 17.0 Å². The van der Waals surface area contributed by atoms with Crippen LogP contribution in [0.15, 0.2) is 36.7 Å². The number of pyridine rings is 2. The van der Waals surface area contributed by atoms with Gasteiger partial charge in [0.1, 0.15) is 5.69 Å². The number of nitrogens with one attached hydrogen (secondary N) is 1. The summed E-state index contributed by atoms with van der Waals surface area (Å²) in [6.45, 7) is 0. The Hall–Kier alpha value is -2.10. The number of anilines is 1. The van der Waals surface area contributed by atoms with Crippen LogP contribution in [0, 0.1) is 0 Å². The van der Waals surface area contributed by atoms with Crippen molar-refractivity contribution in [3.63, 3.8) is 0 Å². The van der Waals surface area contributed by atoms with Crippen molar-refractivity contribution in [1.29, 1.82) is 0 Å². The standard InChI is InChI=1S/C10H7N3O/c1-3-7-9-8(4-2-5-11-9)14-13-10(7)12-6-1/h1-6H,(H,12,13). The Morgan fingerprint density at radius 2 is 1.93 bits per heavy atom. The lowest BCUT2D eigenvalue weighted by Gasteiger charge is -2.18. The van der Waals surface area contributed by atoms with E-state index in [9.17, 15) is 0 Å². The van der Waals surface area contributed by atoms with E-state index in [0.717, 1.165) is 17.0 Å². The molecule has 3 heterocycles. The van der Waals surface area contributed by atoms with Crippen LogP contribution in [0.2, 0.25) is 0 Å². The van der Waals surface area contributed by atoms with Crippen LogP contribution < -0.4 is 10.3 Å². The number of hydrogen-bond donors (Lipinski definition) is 1. The van der Waals surface area contributed by atoms with E-state index < -0.39 is 0 Å². The van der Waals surface area contributed by atoms with E-state index in [1.54, 1.807) is 12.4 Å². The number of hydrogen-bond acceptors (Lipinski definition) is 4. The van der Waals surface area contributed by atoms with E-state index in [0.29, 0.717) is 5.82 Å². The lowest BCUT2D eigenvalue weighted by Crippen LogP contribution is -2.13. The Morgan fingerprint density at radius 1 is 1.07 bits per heavy atom. The second kappa shape index (κ2) is 2.70. The average Bonchev–Trinajstić information content (AvgIpc) is 2.29. The number of nitrogens with zero attached hydrogens (tertiary/aromatic N) is 2. The number of aromatic nitrogens is 2. The molecular formula is C10H7N3O. The minimum absolute atomic E-state index is 0.707. The summed E-state index contributed by atoms with van der Waals surface area (Å²) in [5, 5.41) is 0. The van der Waals surface area contributed by atoms with E-state index in [2.05, 4.69) is 15.4 Å². The Kier molecular flexibility index (Phi) is 1.41. The zero-order valence-electron chi connectivity index (χ0n) is 7.27. The molecule has 2 aromatic heterocycles. The molecule has 0 saturated heterocycles. The van der Waals surface area contributed by atoms with Gasteiger partial charge < -0.3 is 4.84 Å². The highest BCUT2D eigenvalue weighted by molar-refractivity contribution is 5.78. The van der Waals surface area contributed by atoms with Gasteiger partial charge in [0, 0.05) is 18.0 Å². The van der Waals surface area contributed by atoms with Crippen molar-refractivity contribution in [1.82, 2.24) is 9.97 Å². The summed E-state index contributed by atoms with van der Waals surface area (Å²) >= 11 is 0. The number of rotatable bonds is 0. The highest BCUT2D eigenvalue weighted by Gasteiger charge is 2.17. The SMILES string of the molecule is c1cnc2c(c1)ONc1ncccc1-2. The molecule has 1 aliphatic heterocycles. The Labute approximate surface area is 80.5 Å². The average molecular weight is 185 g/mol. The maximum Gasteiger partial charge on any atom is 0.181 e. The van der Waals surface area contributed by atoms with Gasteiger partial charge in [-0.25, -0.2) is 10.5 Å². The summed E-state index contributed by atoms with van der Waals surface area (Å²) in [6.07, 6.45) is 3.45. The lowest BCUT2D eigenvalue weighted by molar-refractivity contribution is 0.397. The van der Waals surface area contributed by atoms with E-state index >= 15 is 0 Å². The van der Waals surface area contributed by atoms with Crippen molar-refractivity contribution in [2.45, 2.75) is 0 Å². The summed E-state index contributed by atoms with van der Waals surface area (Å²) in [5.74, 6) is 1.44. The summed E-state index contributed by atoms with van der Waals surface area (Å²) in [7, 11) is 0. The third-order valence-corrected chi connectivity index (χ3v) is 2.09. The predicted octanol–water partition coefficient (Wildman–Crippen LogP) is 1.86. The van der Waals surface area contributed by atoms with E-state index in [1.807, 2.05) is 24.3 Å². The molecule has 0 aliphatic carbocycles. The van der Waals surface area contributed by atoms with E-state index in [4.69, 9.17) is 4.84 Å². The Morgan fingerprint density at radius 3 is 2.93 bits per heavy atom. The molecule has 0 fully saturated rings. The van der Waals surface area contributed by atoms with Gasteiger partial charge >= 0.3 is 0 Å². The first-order valence-corrected chi connectivity index (χ1v) is 4.28. The van der Waals surface area contributed by atoms with Gasteiger partial charge in [0.05, 0.1) is 0 Å². The summed E-state index contributed by atoms with van der Waals surface area (Å²) in [5.41, 5.74) is 4.56. The second-order valence-electron chi connectivity index (χ2n) is 2.95. The van der Waals surface area contributed by atoms with Crippen molar-refractivity contribution in [2.75, 3.05) is 5.48 Å². The smallest absolute Gasteiger partial charge is 0.181 e. The third-order valence-electron chi connectivity index (χ3n) is 2.09. The van der Waals surface area contributed by atoms with Gasteiger partial charge in [-0.2, -0.15) is 0 Å². The molecule has 0 radical (unpaired) electrons. The van der Waals surface area contributed by atoms with Crippen LogP contribution in [-0.2, 0) is 0 Å². The molecule has 0 unspecified atom stereocenters. The highest BCUT2D eigenvalue weighted by atomic mass is 16.6. The molecule has 0 amide bonds. The molecule has 0 spiro atoms. The topological polar surface area (TPSA) is 47.0 Å². The monoisotopic (exact) mass is 185 g/mol. The van der Waals surface area contributed by atoms with Gasteiger partial charge in [0.25, 0.3) is 0 Å². The molecule has 68 valence electrons. The lowest BCUT2D eigenvalue weighted by atomic mass is 10.1. The van der Waals surface area contributed by atoms with Gasteiger partial charge in [-0.05, 0) is 24.3 Å². The summed E-state index contributed by atoms with van der Waals surface area (Å²) < 4.78 is 0. The minimum Gasteiger partial charge on any atom is -0.378 e. The van der Waals surface area contributed by atoms with Gasteiger partial charge in [-0.15, -0.1) is 0 Å². The fourth-order valence-electron chi connectivity index (χ4n) is 1.46. The predicted molar refractivity (Wildman–Crippen MR) is 51.7 cm³/mol. The summed E-state index contributed by atoms with van der Waals surface area (Å²) in [4.78, 5) is 13.7. The molecule has 0 bridgehead atoms. The Bertz CT molecular complexity index is 439. The van der Waals surface area contributed by atoms with Crippen LogP contribution in [0.25, 0.3) is 11.3 Å². The van der Waals surface area contributed by atoms with Crippen molar-refractivity contribution < 1.29 is 4.84 Å². The molecule has 0 aromatic carbocycles. The van der Waals surface area contributed by atoms with Gasteiger partial charge in [0.2, 0.25) is 0 Å². The van der Waals surface area contributed by atoms with Gasteiger partial charge in [0.15, 0.2) is 11.6 Å². The maximum atomic E-state index is 5.27. The van der Waals surface area contributed by atoms with Crippen LogP contribution in [0.5, 0.6) is 5.75 Å². The molecule has 1 N–H and O–H groups in total. The second-order valence-corrected chi connectivity index (χ2v) is 2.95. The quantitative estimate of drug-likeness (QED) is 0.680. The highest BCUT2D eigenvalue weighted by Crippen LogP contribution is 2.35. The molecule has 2 aromatic rings. The maximum absolute atomic E-state index is 5.27. The fourth-order valence-corrected chi connectivity index (χ4v) is 1.46. The van der Waals surface area contributed by atoms with Crippen molar-refractivity contribution in [2.24, 2.45) is 0 Å². The molecule has 1 aliphatic rings. The van der Waals surface area contributed by atoms with Gasteiger partial charge in [-0.1, -0.05) is 0 Å². The fraction of sp³-hybridized carbons (Fsp3) is 0. The van der Waals surface area contributed by atoms with E-state index in [1.165, 1.54) is 0 Å². The third kappa shape index (κ3) is 0.939. The van der Waals surface area contributed by atoms with Crippen molar-refractivity contribution in [3.05, 3.63) is 36.7 Å². The molecule has 0 saturated carbocycles. The van der Waals surface area contributed by atoms with Gasteiger partial charge in [-0.3, -0.25) is 4.98 Å². The minimum atomic E-state index is 0.707. The molecule has 14 heavy (non-hydrogen) atoms. The molecular weight excluding hydrogens is 178 g/mol. The zero-order valence-corrected chi connectivity index (χ0v) is 7.27. The molecule has 4 heteroatoms. The Balaban J connectivity index is 2.29. The van der Waals surface area contributed by atoms with Crippen molar-refractivity contribution >= 4 is 5.82 Å².